The van der Waals surface area contributed by atoms with E-state index < -0.39 is 6.10 Å². The summed E-state index contributed by atoms with van der Waals surface area (Å²) in [6.07, 6.45) is 4.45. The highest BCUT2D eigenvalue weighted by Gasteiger charge is 2.20. The average molecular weight is 340 g/mol. The zero-order valence-corrected chi connectivity index (χ0v) is 11.8. The van der Waals surface area contributed by atoms with Crippen molar-refractivity contribution >= 4 is 22.6 Å². The second-order valence-corrected chi connectivity index (χ2v) is 4.26. The summed E-state index contributed by atoms with van der Waals surface area (Å²) >= 11 is 2.14. The first kappa shape index (κ1) is 16.1. The number of hydrogen-bond donors (Lipinski definition) is 2. The highest BCUT2D eigenvalue weighted by atomic mass is 127. The predicted octanol–water partition coefficient (Wildman–Crippen LogP) is 2.42. The molecule has 0 aliphatic heterocycles. The smallest absolute Gasteiger partial charge is 0.0866 e. The lowest BCUT2D eigenvalue weighted by molar-refractivity contribution is -0.0697. The minimum absolute atomic E-state index is 0.00656. The van der Waals surface area contributed by atoms with E-state index >= 15 is 0 Å². The molecule has 0 heterocycles. The first-order chi connectivity index (χ1) is 7.69. The molecule has 0 amide bonds. The largest absolute Gasteiger partial charge is 0.396 e. The van der Waals surface area contributed by atoms with Crippen molar-refractivity contribution < 1.29 is 14.9 Å². The standard InChI is InChI=1S/C12H21IO3/c1-3-5-11(15)12(7-9-14)16-10(4-2)6-8-13/h3,6,8,10-12,14-15H,1,4-5,7,9H2,2H3/b8-6-/t10-,11+,12-/m0/s1. The van der Waals surface area contributed by atoms with Gasteiger partial charge in [-0.25, -0.2) is 0 Å². The Morgan fingerprint density at radius 1 is 1.50 bits per heavy atom. The molecular formula is C12H21IO3. The summed E-state index contributed by atoms with van der Waals surface area (Å²) in [6, 6.07) is 0. The molecule has 0 aliphatic rings. The molecule has 0 saturated carbocycles. The van der Waals surface area contributed by atoms with E-state index in [-0.39, 0.29) is 18.8 Å². The molecule has 0 aromatic heterocycles. The molecule has 0 aromatic rings. The van der Waals surface area contributed by atoms with Crippen LogP contribution in [0.3, 0.4) is 0 Å². The van der Waals surface area contributed by atoms with Crippen molar-refractivity contribution in [2.45, 2.75) is 44.5 Å². The Morgan fingerprint density at radius 3 is 2.62 bits per heavy atom. The van der Waals surface area contributed by atoms with Gasteiger partial charge in [0.25, 0.3) is 0 Å². The van der Waals surface area contributed by atoms with Gasteiger partial charge in [-0.2, -0.15) is 0 Å². The summed E-state index contributed by atoms with van der Waals surface area (Å²) in [4.78, 5) is 0. The summed E-state index contributed by atoms with van der Waals surface area (Å²) in [5.41, 5.74) is 0. The maximum atomic E-state index is 9.82. The second kappa shape index (κ2) is 10.3. The third kappa shape index (κ3) is 6.62. The molecule has 94 valence electrons. The van der Waals surface area contributed by atoms with Crippen molar-refractivity contribution in [2.24, 2.45) is 0 Å². The fraction of sp³-hybridized carbons (Fsp3) is 0.667. The van der Waals surface area contributed by atoms with Gasteiger partial charge in [0, 0.05) is 6.61 Å². The molecule has 0 bridgehead atoms. The van der Waals surface area contributed by atoms with Gasteiger partial charge in [0.2, 0.25) is 0 Å². The molecule has 0 saturated heterocycles. The van der Waals surface area contributed by atoms with Gasteiger partial charge >= 0.3 is 0 Å². The minimum atomic E-state index is -0.596. The zero-order valence-electron chi connectivity index (χ0n) is 9.68. The molecule has 4 heteroatoms. The first-order valence-electron chi connectivity index (χ1n) is 5.51. The summed E-state index contributed by atoms with van der Waals surface area (Å²) in [6.45, 7) is 5.63. The molecule has 0 unspecified atom stereocenters. The van der Waals surface area contributed by atoms with Gasteiger partial charge in [-0.1, -0.05) is 35.6 Å². The van der Waals surface area contributed by atoms with Gasteiger partial charge in [-0.3, -0.25) is 0 Å². The van der Waals surface area contributed by atoms with Gasteiger partial charge in [-0.15, -0.1) is 6.58 Å². The number of aliphatic hydroxyl groups excluding tert-OH is 2. The number of rotatable bonds is 9. The average Bonchev–Trinajstić information content (AvgIpc) is 2.27. The van der Waals surface area contributed by atoms with E-state index in [0.29, 0.717) is 12.8 Å². The van der Waals surface area contributed by atoms with Crippen molar-refractivity contribution in [3.05, 3.63) is 22.8 Å². The van der Waals surface area contributed by atoms with Gasteiger partial charge in [0.1, 0.15) is 0 Å². The van der Waals surface area contributed by atoms with E-state index in [1.165, 1.54) is 0 Å². The van der Waals surface area contributed by atoms with E-state index in [0.717, 1.165) is 6.42 Å². The van der Waals surface area contributed by atoms with Crippen molar-refractivity contribution in [3.63, 3.8) is 0 Å². The molecule has 0 aliphatic carbocycles. The van der Waals surface area contributed by atoms with Crippen LogP contribution < -0.4 is 0 Å². The lowest BCUT2D eigenvalue weighted by Crippen LogP contribution is -2.33. The Hall–Kier alpha value is 0.0900. The Kier molecular flexibility index (Phi) is 10.3. The van der Waals surface area contributed by atoms with Crippen LogP contribution in [0.5, 0.6) is 0 Å². The molecule has 16 heavy (non-hydrogen) atoms. The Bertz CT molecular complexity index is 206. The van der Waals surface area contributed by atoms with Crippen LogP contribution in [-0.4, -0.2) is 35.1 Å². The minimum Gasteiger partial charge on any atom is -0.396 e. The topological polar surface area (TPSA) is 49.7 Å². The summed E-state index contributed by atoms with van der Waals surface area (Å²) in [5.74, 6) is 0. The van der Waals surface area contributed by atoms with E-state index in [1.54, 1.807) is 6.08 Å². The van der Waals surface area contributed by atoms with Crippen LogP contribution in [0, 0.1) is 0 Å². The van der Waals surface area contributed by atoms with E-state index in [4.69, 9.17) is 9.84 Å². The SMILES string of the molecule is C=CC[C@@H](O)[C@H](CCO)O[C@H](/C=C\I)CC. The van der Waals surface area contributed by atoms with Gasteiger partial charge in [0.15, 0.2) is 0 Å². The van der Waals surface area contributed by atoms with Crippen molar-refractivity contribution in [3.8, 4) is 0 Å². The molecular weight excluding hydrogens is 319 g/mol. The fourth-order valence-electron chi connectivity index (χ4n) is 1.38. The second-order valence-electron chi connectivity index (χ2n) is 3.54. The van der Waals surface area contributed by atoms with Crippen LogP contribution in [0.1, 0.15) is 26.2 Å². The van der Waals surface area contributed by atoms with Crippen LogP contribution in [0.15, 0.2) is 22.8 Å². The van der Waals surface area contributed by atoms with Crippen LogP contribution in [-0.2, 0) is 4.74 Å². The lowest BCUT2D eigenvalue weighted by Gasteiger charge is -2.25. The van der Waals surface area contributed by atoms with Gasteiger partial charge in [-0.05, 0) is 29.4 Å². The quantitative estimate of drug-likeness (QED) is 0.501. The Balaban J connectivity index is 4.33. The number of hydrogen-bond acceptors (Lipinski definition) is 3. The Morgan fingerprint density at radius 2 is 2.19 bits per heavy atom. The number of halogens is 1. The van der Waals surface area contributed by atoms with Crippen LogP contribution in [0.25, 0.3) is 0 Å². The number of aliphatic hydroxyl groups is 2. The van der Waals surface area contributed by atoms with Crippen LogP contribution in [0.2, 0.25) is 0 Å². The molecule has 0 aromatic carbocycles. The first-order valence-corrected chi connectivity index (χ1v) is 6.76. The Labute approximate surface area is 111 Å². The third-order valence-corrected chi connectivity index (χ3v) is 2.71. The van der Waals surface area contributed by atoms with Crippen LogP contribution in [0.4, 0.5) is 0 Å². The summed E-state index contributed by atoms with van der Waals surface area (Å²) in [5, 5.41) is 18.8. The maximum Gasteiger partial charge on any atom is 0.0866 e. The molecule has 3 atom stereocenters. The predicted molar refractivity (Wildman–Crippen MR) is 74.6 cm³/mol. The number of ether oxygens (including phenoxy) is 1. The molecule has 0 spiro atoms. The van der Waals surface area contributed by atoms with E-state index in [9.17, 15) is 5.11 Å². The molecule has 0 rings (SSSR count). The van der Waals surface area contributed by atoms with E-state index in [1.807, 2.05) is 17.1 Å². The van der Waals surface area contributed by atoms with Crippen molar-refractivity contribution in [1.82, 2.24) is 0 Å². The highest BCUT2D eigenvalue weighted by molar-refractivity contribution is 14.1. The van der Waals surface area contributed by atoms with Crippen LogP contribution >= 0.6 is 22.6 Å². The van der Waals surface area contributed by atoms with Crippen molar-refractivity contribution in [2.75, 3.05) is 6.61 Å². The molecule has 3 nitrogen and oxygen atoms in total. The molecule has 2 N–H and O–H groups in total. The normalized spacial score (nSPS) is 17.2. The lowest BCUT2D eigenvalue weighted by atomic mass is 10.1. The maximum absolute atomic E-state index is 9.82. The fourth-order valence-corrected chi connectivity index (χ4v) is 1.85. The highest BCUT2D eigenvalue weighted by Crippen LogP contribution is 2.14. The summed E-state index contributed by atoms with van der Waals surface area (Å²) < 4.78 is 7.65. The van der Waals surface area contributed by atoms with E-state index in [2.05, 4.69) is 29.2 Å². The summed E-state index contributed by atoms with van der Waals surface area (Å²) in [7, 11) is 0. The molecule has 0 radical (unpaired) electrons. The van der Waals surface area contributed by atoms with Gasteiger partial charge in [0.05, 0.1) is 18.3 Å². The molecule has 0 fully saturated rings. The zero-order chi connectivity index (χ0) is 12.4. The monoisotopic (exact) mass is 340 g/mol. The van der Waals surface area contributed by atoms with Gasteiger partial charge < -0.3 is 14.9 Å². The third-order valence-electron chi connectivity index (χ3n) is 2.29. The van der Waals surface area contributed by atoms with Crippen molar-refractivity contribution in [1.29, 1.82) is 0 Å².